The Hall–Kier alpha value is -1.93. The summed E-state index contributed by atoms with van der Waals surface area (Å²) in [5, 5.41) is 9.59. The summed E-state index contributed by atoms with van der Waals surface area (Å²) in [6.07, 6.45) is 3.63. The number of likely N-dealkylation sites (tertiary alicyclic amines) is 2. The van der Waals surface area contributed by atoms with Crippen LogP contribution in [-0.4, -0.2) is 64.4 Å². The number of hydrogen-bond acceptors (Lipinski definition) is 4. The number of rotatable bonds is 7. The van der Waals surface area contributed by atoms with Crippen molar-refractivity contribution in [3.63, 3.8) is 0 Å². The van der Waals surface area contributed by atoms with Crippen molar-refractivity contribution in [1.29, 1.82) is 0 Å². The first kappa shape index (κ1) is 21.8. The molecule has 2 amide bonds. The molecule has 0 radical (unpaired) electrons. The minimum absolute atomic E-state index is 0.0232. The van der Waals surface area contributed by atoms with Crippen molar-refractivity contribution < 1.29 is 19.5 Å². The highest BCUT2D eigenvalue weighted by molar-refractivity contribution is 9.10. The average molecular weight is 466 g/mol. The molecule has 3 N–H and O–H groups in total. The van der Waals surface area contributed by atoms with Crippen molar-refractivity contribution in [2.24, 2.45) is 11.7 Å². The average Bonchev–Trinajstić information content (AvgIpc) is 3.37. The van der Waals surface area contributed by atoms with Crippen LogP contribution in [0.5, 0.6) is 0 Å². The molecule has 29 heavy (non-hydrogen) atoms. The number of halogens is 1. The third-order valence-electron chi connectivity index (χ3n) is 5.84. The lowest BCUT2D eigenvalue weighted by Crippen LogP contribution is -2.48. The molecule has 7 nitrogen and oxygen atoms in total. The number of nitrogens with zero attached hydrogens (tertiary/aromatic N) is 2. The van der Waals surface area contributed by atoms with E-state index in [0.29, 0.717) is 19.4 Å². The Bertz CT molecular complexity index is 749. The van der Waals surface area contributed by atoms with E-state index < -0.39 is 18.1 Å². The van der Waals surface area contributed by atoms with Crippen LogP contribution in [0.2, 0.25) is 0 Å². The van der Waals surface area contributed by atoms with Gasteiger partial charge in [-0.15, -0.1) is 0 Å². The van der Waals surface area contributed by atoms with Gasteiger partial charge in [-0.1, -0.05) is 28.1 Å². The first-order valence-electron chi connectivity index (χ1n) is 10.2. The maximum atomic E-state index is 12.8. The van der Waals surface area contributed by atoms with Crippen LogP contribution in [0.4, 0.5) is 0 Å². The number of benzene rings is 1. The predicted molar refractivity (Wildman–Crippen MR) is 112 cm³/mol. The number of carboxylic acid groups (broad SMARTS) is 1. The van der Waals surface area contributed by atoms with E-state index in [9.17, 15) is 19.5 Å². The highest BCUT2D eigenvalue weighted by Gasteiger charge is 2.41. The second-order valence-electron chi connectivity index (χ2n) is 8.01. The molecule has 2 aliphatic rings. The largest absolute Gasteiger partial charge is 0.480 e. The minimum Gasteiger partial charge on any atom is -0.480 e. The van der Waals surface area contributed by atoms with E-state index in [1.165, 1.54) is 4.90 Å². The molecule has 2 heterocycles. The molecular weight excluding hydrogens is 438 g/mol. The molecule has 2 saturated heterocycles. The monoisotopic (exact) mass is 465 g/mol. The van der Waals surface area contributed by atoms with Gasteiger partial charge in [-0.25, -0.2) is 4.79 Å². The second kappa shape index (κ2) is 9.71. The molecule has 0 saturated carbocycles. The molecule has 3 rings (SSSR count). The van der Waals surface area contributed by atoms with Gasteiger partial charge in [0, 0.05) is 30.5 Å². The molecule has 0 aliphatic carbocycles. The predicted octanol–water partition coefficient (Wildman–Crippen LogP) is 2.02. The van der Waals surface area contributed by atoms with E-state index in [2.05, 4.69) is 15.9 Å². The van der Waals surface area contributed by atoms with E-state index in [1.54, 1.807) is 4.90 Å². The smallest absolute Gasteiger partial charge is 0.326 e. The van der Waals surface area contributed by atoms with E-state index in [-0.39, 0.29) is 30.6 Å². The summed E-state index contributed by atoms with van der Waals surface area (Å²) in [4.78, 5) is 40.0. The maximum Gasteiger partial charge on any atom is 0.326 e. The molecule has 2 fully saturated rings. The molecule has 3 atom stereocenters. The summed E-state index contributed by atoms with van der Waals surface area (Å²) >= 11 is 3.41. The minimum atomic E-state index is -1.00. The van der Waals surface area contributed by atoms with Crippen LogP contribution in [0.25, 0.3) is 0 Å². The first-order chi connectivity index (χ1) is 13.8. The van der Waals surface area contributed by atoms with Crippen molar-refractivity contribution in [3.8, 4) is 0 Å². The number of carbonyl (C=O) groups excluding carboxylic acids is 2. The standard InChI is InChI=1S/C21H28BrN3O4/c22-16-5-3-14(4-6-16)11-15-12-18(21(28)29)25(13-15)20(27)17(23)7-8-19(26)24-9-1-2-10-24/h3-6,15,17-18H,1-2,7-13,23H2,(H,28,29). The van der Waals surface area contributed by atoms with Gasteiger partial charge in [-0.2, -0.15) is 0 Å². The Morgan fingerprint density at radius 3 is 2.45 bits per heavy atom. The summed E-state index contributed by atoms with van der Waals surface area (Å²) in [6, 6.07) is 6.20. The highest BCUT2D eigenvalue weighted by atomic mass is 79.9. The van der Waals surface area contributed by atoms with E-state index in [4.69, 9.17) is 5.73 Å². The van der Waals surface area contributed by atoms with Gasteiger partial charge in [-0.3, -0.25) is 9.59 Å². The van der Waals surface area contributed by atoms with Crippen LogP contribution in [0.1, 0.15) is 37.7 Å². The molecule has 2 aliphatic heterocycles. The number of carboxylic acids is 1. The third-order valence-corrected chi connectivity index (χ3v) is 6.37. The van der Waals surface area contributed by atoms with Gasteiger partial charge in [0.1, 0.15) is 6.04 Å². The fraction of sp³-hybridized carbons (Fsp3) is 0.571. The lowest BCUT2D eigenvalue weighted by Gasteiger charge is -2.25. The molecule has 1 aromatic rings. The summed E-state index contributed by atoms with van der Waals surface area (Å²) in [6.45, 7) is 1.92. The molecule has 0 spiro atoms. The van der Waals surface area contributed by atoms with Gasteiger partial charge in [0.05, 0.1) is 6.04 Å². The summed E-state index contributed by atoms with van der Waals surface area (Å²) in [5.74, 6) is -1.28. The molecular formula is C21H28BrN3O4. The fourth-order valence-corrected chi connectivity index (χ4v) is 4.51. The normalized spacial score (nSPS) is 22.7. The van der Waals surface area contributed by atoms with Crippen molar-refractivity contribution >= 4 is 33.7 Å². The Morgan fingerprint density at radius 1 is 1.17 bits per heavy atom. The number of carbonyl (C=O) groups is 3. The Kier molecular flexibility index (Phi) is 7.29. The Labute approximate surface area is 179 Å². The van der Waals surface area contributed by atoms with Crippen LogP contribution in [0.3, 0.4) is 0 Å². The molecule has 158 valence electrons. The van der Waals surface area contributed by atoms with Crippen molar-refractivity contribution in [2.45, 2.75) is 50.6 Å². The van der Waals surface area contributed by atoms with Crippen LogP contribution < -0.4 is 5.73 Å². The third kappa shape index (κ3) is 5.57. The van der Waals surface area contributed by atoms with Crippen molar-refractivity contribution in [3.05, 3.63) is 34.3 Å². The van der Waals surface area contributed by atoms with E-state index in [1.807, 2.05) is 24.3 Å². The summed E-state index contributed by atoms with van der Waals surface area (Å²) in [5.41, 5.74) is 7.17. The zero-order valence-corrected chi connectivity index (χ0v) is 18.0. The maximum absolute atomic E-state index is 12.8. The second-order valence-corrected chi connectivity index (χ2v) is 8.93. The van der Waals surface area contributed by atoms with Crippen molar-refractivity contribution in [2.75, 3.05) is 19.6 Å². The van der Waals surface area contributed by atoms with Gasteiger partial charge in [0.2, 0.25) is 11.8 Å². The topological polar surface area (TPSA) is 104 Å². The zero-order chi connectivity index (χ0) is 21.0. The van der Waals surface area contributed by atoms with Crippen LogP contribution in [0.15, 0.2) is 28.7 Å². The van der Waals surface area contributed by atoms with Crippen LogP contribution in [-0.2, 0) is 20.8 Å². The first-order valence-corrected chi connectivity index (χ1v) is 11.0. The van der Waals surface area contributed by atoms with Gasteiger partial charge in [-0.05, 0) is 55.7 Å². The Morgan fingerprint density at radius 2 is 1.83 bits per heavy atom. The fourth-order valence-electron chi connectivity index (χ4n) is 4.24. The molecule has 1 aromatic carbocycles. The number of aliphatic carboxylic acids is 1. The van der Waals surface area contributed by atoms with Crippen LogP contribution in [0, 0.1) is 5.92 Å². The van der Waals surface area contributed by atoms with E-state index in [0.717, 1.165) is 36.0 Å². The molecule has 3 unspecified atom stereocenters. The number of nitrogens with two attached hydrogens (primary N) is 1. The summed E-state index contributed by atoms with van der Waals surface area (Å²) < 4.78 is 0.988. The number of hydrogen-bond donors (Lipinski definition) is 2. The molecule has 8 heteroatoms. The highest BCUT2D eigenvalue weighted by Crippen LogP contribution is 2.28. The Balaban J connectivity index is 1.57. The van der Waals surface area contributed by atoms with Gasteiger partial charge in [0.15, 0.2) is 0 Å². The van der Waals surface area contributed by atoms with Crippen molar-refractivity contribution in [1.82, 2.24) is 9.80 Å². The molecule has 0 bridgehead atoms. The van der Waals surface area contributed by atoms with E-state index >= 15 is 0 Å². The quantitative estimate of drug-likeness (QED) is 0.640. The van der Waals surface area contributed by atoms with Gasteiger partial charge in [0.25, 0.3) is 0 Å². The zero-order valence-electron chi connectivity index (χ0n) is 16.4. The van der Waals surface area contributed by atoms with Gasteiger partial charge >= 0.3 is 5.97 Å². The van der Waals surface area contributed by atoms with Gasteiger partial charge < -0.3 is 20.6 Å². The lowest BCUT2D eigenvalue weighted by molar-refractivity contribution is -0.148. The molecule has 0 aromatic heterocycles. The SMILES string of the molecule is NC(CCC(=O)N1CCCC1)C(=O)N1CC(Cc2ccc(Br)cc2)CC1C(=O)O. The summed E-state index contributed by atoms with van der Waals surface area (Å²) in [7, 11) is 0. The number of amides is 2. The van der Waals surface area contributed by atoms with Crippen LogP contribution >= 0.6 is 15.9 Å². The lowest BCUT2D eigenvalue weighted by atomic mass is 9.97.